The van der Waals surface area contributed by atoms with E-state index in [-0.39, 0.29) is 24.4 Å². The maximum atomic E-state index is 12.2. The lowest BCUT2D eigenvalue weighted by Crippen LogP contribution is -2.44. The van der Waals surface area contributed by atoms with Crippen molar-refractivity contribution in [2.75, 3.05) is 0 Å². The van der Waals surface area contributed by atoms with Crippen LogP contribution in [0.5, 0.6) is 0 Å². The van der Waals surface area contributed by atoms with E-state index in [1.807, 2.05) is 0 Å². The third kappa shape index (κ3) is 3.26. The Hall–Kier alpha value is -1.57. The van der Waals surface area contributed by atoms with Crippen molar-refractivity contribution in [1.82, 2.24) is 15.1 Å². The van der Waals surface area contributed by atoms with Crippen molar-refractivity contribution < 1.29 is 18.0 Å². The first-order chi connectivity index (χ1) is 10.3. The van der Waals surface area contributed by atoms with Crippen LogP contribution in [0.1, 0.15) is 24.8 Å². The second-order valence-corrected chi connectivity index (χ2v) is 6.37. The van der Waals surface area contributed by atoms with Crippen LogP contribution in [-0.2, 0) is 17.9 Å². The molecule has 0 radical (unpaired) electrons. The smallest absolute Gasteiger partial charge is 0.352 e. The predicted octanol–water partition coefficient (Wildman–Crippen LogP) is 1.43. The predicted molar refractivity (Wildman–Crippen MR) is 72.4 cm³/mol. The summed E-state index contributed by atoms with van der Waals surface area (Å²) in [4.78, 5) is 12.1. The Balaban J connectivity index is 1.47. The van der Waals surface area contributed by atoms with E-state index in [1.54, 1.807) is 0 Å². The summed E-state index contributed by atoms with van der Waals surface area (Å²) in [5, 5.41) is 6.44. The van der Waals surface area contributed by atoms with Crippen LogP contribution in [0.15, 0.2) is 12.4 Å². The topological polar surface area (TPSA) is 72.9 Å². The van der Waals surface area contributed by atoms with Gasteiger partial charge >= 0.3 is 6.18 Å². The summed E-state index contributed by atoms with van der Waals surface area (Å²) in [6.45, 7) is -0.917. The standard InChI is InChI=1S/C14H19F3N4O/c15-14(16,17)7-21-6-8(5-20-21)4-19-13(22)10-1-9-3-12(18)11(9)2-10/h5-6,9-12H,1-4,7,18H2,(H,19,22)/t9-,10?,11-,12+/m0/s1. The highest BCUT2D eigenvalue weighted by molar-refractivity contribution is 5.79. The molecule has 8 heteroatoms. The second-order valence-electron chi connectivity index (χ2n) is 6.37. The van der Waals surface area contributed by atoms with Gasteiger partial charge in [0.15, 0.2) is 0 Å². The number of fused-ring (bicyclic) bond motifs is 1. The van der Waals surface area contributed by atoms with Gasteiger partial charge in [0, 0.05) is 30.3 Å². The molecule has 1 unspecified atom stereocenters. The molecule has 2 saturated carbocycles. The minimum atomic E-state index is -4.30. The molecule has 3 rings (SSSR count). The molecule has 1 heterocycles. The number of nitrogens with one attached hydrogen (secondary N) is 1. The molecule has 2 aliphatic carbocycles. The molecule has 0 aromatic carbocycles. The number of hydrogen-bond donors (Lipinski definition) is 2. The fourth-order valence-electron chi connectivity index (χ4n) is 3.60. The van der Waals surface area contributed by atoms with Gasteiger partial charge in [-0.15, -0.1) is 0 Å². The van der Waals surface area contributed by atoms with E-state index in [0.717, 1.165) is 23.9 Å². The van der Waals surface area contributed by atoms with E-state index in [0.29, 0.717) is 17.4 Å². The number of carbonyl (C=O) groups excluding carboxylic acids is 1. The van der Waals surface area contributed by atoms with E-state index in [2.05, 4.69) is 10.4 Å². The first-order valence-electron chi connectivity index (χ1n) is 7.43. The number of aromatic nitrogens is 2. The van der Waals surface area contributed by atoms with Gasteiger partial charge in [0.1, 0.15) is 6.54 Å². The number of hydrogen-bond acceptors (Lipinski definition) is 3. The fourth-order valence-corrected chi connectivity index (χ4v) is 3.60. The number of halogens is 3. The number of rotatable bonds is 4. The molecule has 0 saturated heterocycles. The summed E-state index contributed by atoms with van der Waals surface area (Å²) in [5.74, 6) is 0.976. The molecule has 0 aliphatic heterocycles. The van der Waals surface area contributed by atoms with Crippen molar-refractivity contribution in [2.24, 2.45) is 23.5 Å². The summed E-state index contributed by atoms with van der Waals surface area (Å²) >= 11 is 0. The first kappa shape index (κ1) is 15.3. The molecule has 2 aliphatic rings. The molecular formula is C14H19F3N4O. The Morgan fingerprint density at radius 3 is 2.82 bits per heavy atom. The molecule has 5 nitrogen and oxygen atoms in total. The molecule has 4 atom stereocenters. The zero-order valence-electron chi connectivity index (χ0n) is 12.0. The third-order valence-electron chi connectivity index (χ3n) is 4.74. The van der Waals surface area contributed by atoms with Gasteiger partial charge in [-0.25, -0.2) is 0 Å². The first-order valence-corrected chi connectivity index (χ1v) is 7.43. The Bertz CT molecular complexity index is 557. The van der Waals surface area contributed by atoms with Gasteiger partial charge in [0.05, 0.1) is 6.20 Å². The molecule has 2 fully saturated rings. The quantitative estimate of drug-likeness (QED) is 0.883. The Morgan fingerprint density at radius 2 is 2.18 bits per heavy atom. The molecule has 0 bridgehead atoms. The number of carbonyl (C=O) groups is 1. The highest BCUT2D eigenvalue weighted by atomic mass is 19.4. The normalized spacial score (nSPS) is 30.7. The van der Waals surface area contributed by atoms with Crippen LogP contribution in [0.2, 0.25) is 0 Å². The summed E-state index contributed by atoms with van der Waals surface area (Å²) in [6.07, 6.45) is 1.05. The van der Waals surface area contributed by atoms with Crippen molar-refractivity contribution in [1.29, 1.82) is 0 Å². The molecular weight excluding hydrogens is 297 g/mol. The van der Waals surface area contributed by atoms with Crippen molar-refractivity contribution in [3.05, 3.63) is 18.0 Å². The summed E-state index contributed by atoms with van der Waals surface area (Å²) in [5.41, 5.74) is 6.47. The van der Waals surface area contributed by atoms with Gasteiger partial charge in [0.25, 0.3) is 0 Å². The second kappa shape index (κ2) is 5.57. The van der Waals surface area contributed by atoms with E-state index >= 15 is 0 Å². The minimum absolute atomic E-state index is 0.0197. The van der Waals surface area contributed by atoms with Crippen LogP contribution in [0.25, 0.3) is 0 Å². The largest absolute Gasteiger partial charge is 0.408 e. The molecule has 3 N–H and O–H groups in total. The lowest BCUT2D eigenvalue weighted by atomic mass is 9.72. The van der Waals surface area contributed by atoms with Gasteiger partial charge < -0.3 is 11.1 Å². The fraction of sp³-hybridized carbons (Fsp3) is 0.714. The van der Waals surface area contributed by atoms with Crippen LogP contribution < -0.4 is 11.1 Å². The average Bonchev–Trinajstić information content (AvgIpc) is 2.98. The van der Waals surface area contributed by atoms with Crippen LogP contribution in [0.3, 0.4) is 0 Å². The summed E-state index contributed by atoms with van der Waals surface area (Å²) < 4.78 is 37.5. The molecule has 1 aromatic heterocycles. The zero-order chi connectivity index (χ0) is 15.9. The van der Waals surface area contributed by atoms with Gasteiger partial charge in [-0.1, -0.05) is 0 Å². The van der Waals surface area contributed by atoms with Gasteiger partial charge in [-0.2, -0.15) is 18.3 Å². The van der Waals surface area contributed by atoms with E-state index in [1.165, 1.54) is 12.4 Å². The highest BCUT2D eigenvalue weighted by Gasteiger charge is 2.47. The van der Waals surface area contributed by atoms with Crippen LogP contribution in [0, 0.1) is 17.8 Å². The summed E-state index contributed by atoms with van der Waals surface area (Å²) in [7, 11) is 0. The van der Waals surface area contributed by atoms with Crippen molar-refractivity contribution in [2.45, 2.75) is 44.6 Å². The lowest BCUT2D eigenvalue weighted by molar-refractivity contribution is -0.142. The van der Waals surface area contributed by atoms with Crippen LogP contribution in [0.4, 0.5) is 13.2 Å². The maximum absolute atomic E-state index is 12.2. The number of amides is 1. The van der Waals surface area contributed by atoms with Crippen LogP contribution in [-0.4, -0.2) is 27.9 Å². The lowest BCUT2D eigenvalue weighted by Gasteiger charge is -2.37. The average molecular weight is 316 g/mol. The monoisotopic (exact) mass is 316 g/mol. The van der Waals surface area contributed by atoms with Gasteiger partial charge in [-0.05, 0) is 31.1 Å². The number of nitrogens with two attached hydrogens (primary N) is 1. The van der Waals surface area contributed by atoms with E-state index < -0.39 is 12.7 Å². The van der Waals surface area contributed by atoms with Crippen molar-refractivity contribution in [3.63, 3.8) is 0 Å². The van der Waals surface area contributed by atoms with Gasteiger partial charge in [0.2, 0.25) is 5.91 Å². The minimum Gasteiger partial charge on any atom is -0.352 e. The zero-order valence-corrected chi connectivity index (χ0v) is 12.0. The SMILES string of the molecule is N[C@@H]1C[C@@H]2CC(C(=O)NCc3cnn(CC(F)(F)F)c3)C[C@@H]21. The van der Waals surface area contributed by atoms with E-state index in [9.17, 15) is 18.0 Å². The highest BCUT2D eigenvalue weighted by Crippen LogP contribution is 2.48. The Labute approximate surface area is 126 Å². The Kier molecular flexibility index (Phi) is 3.88. The van der Waals surface area contributed by atoms with Crippen molar-refractivity contribution in [3.8, 4) is 0 Å². The maximum Gasteiger partial charge on any atom is 0.408 e. The third-order valence-corrected chi connectivity index (χ3v) is 4.74. The summed E-state index contributed by atoms with van der Waals surface area (Å²) in [6, 6.07) is 0.225. The van der Waals surface area contributed by atoms with E-state index in [4.69, 9.17) is 5.73 Å². The molecule has 1 amide bonds. The molecule has 1 aromatic rings. The van der Waals surface area contributed by atoms with Crippen molar-refractivity contribution >= 4 is 5.91 Å². The molecule has 22 heavy (non-hydrogen) atoms. The number of nitrogens with zero attached hydrogens (tertiary/aromatic N) is 2. The molecule has 122 valence electrons. The van der Waals surface area contributed by atoms with Crippen LogP contribution >= 0.6 is 0 Å². The van der Waals surface area contributed by atoms with Gasteiger partial charge in [-0.3, -0.25) is 9.48 Å². The Morgan fingerprint density at radius 1 is 1.41 bits per heavy atom. The molecule has 0 spiro atoms. The number of alkyl halides is 3.